The van der Waals surface area contributed by atoms with Gasteiger partial charge in [-0.25, -0.2) is 4.68 Å². The molecular formula is C15H10Cl3N3S. The zero-order valence-electron chi connectivity index (χ0n) is 11.2. The molecule has 3 heterocycles. The molecule has 0 spiro atoms. The van der Waals surface area contributed by atoms with Crippen LogP contribution in [0.2, 0.25) is 14.4 Å². The Bertz CT molecular complexity index is 869. The smallest absolute Gasteiger partial charge is 0.133 e. The summed E-state index contributed by atoms with van der Waals surface area (Å²) in [6.07, 6.45) is 0.929. The van der Waals surface area contributed by atoms with E-state index in [1.165, 1.54) is 16.9 Å². The third kappa shape index (κ3) is 2.22. The van der Waals surface area contributed by atoms with Crippen LogP contribution in [0.3, 0.4) is 0 Å². The van der Waals surface area contributed by atoms with Crippen molar-refractivity contribution in [3.8, 4) is 16.3 Å². The molecule has 0 bridgehead atoms. The second-order valence-corrected chi connectivity index (χ2v) is 7.44. The Balaban J connectivity index is 1.93. The highest BCUT2D eigenvalue weighted by atomic mass is 35.5. The third-order valence-electron chi connectivity index (χ3n) is 3.62. The summed E-state index contributed by atoms with van der Waals surface area (Å²) >= 11 is 20.1. The first-order chi connectivity index (χ1) is 10.6. The summed E-state index contributed by atoms with van der Waals surface area (Å²) in [5.41, 5.74) is 2.91. The number of nitrogens with zero attached hydrogens (tertiary/aromatic N) is 2. The first-order valence-electron chi connectivity index (χ1n) is 6.71. The van der Waals surface area contributed by atoms with Crippen LogP contribution in [0, 0.1) is 0 Å². The molecule has 0 saturated carbocycles. The largest absolute Gasteiger partial charge is 0.369 e. The zero-order chi connectivity index (χ0) is 15.3. The van der Waals surface area contributed by atoms with E-state index in [4.69, 9.17) is 39.9 Å². The molecule has 1 N–H and O–H groups in total. The first-order valence-corrected chi connectivity index (χ1v) is 8.66. The molecule has 0 atom stereocenters. The molecule has 7 heteroatoms. The van der Waals surface area contributed by atoms with Crippen molar-refractivity contribution in [1.82, 2.24) is 9.78 Å². The molecule has 3 nitrogen and oxygen atoms in total. The highest BCUT2D eigenvalue weighted by Crippen LogP contribution is 2.40. The number of rotatable bonds is 2. The number of hydrogen-bond acceptors (Lipinski definition) is 3. The van der Waals surface area contributed by atoms with Crippen LogP contribution in [-0.2, 0) is 6.42 Å². The number of halogens is 3. The zero-order valence-corrected chi connectivity index (χ0v) is 14.3. The van der Waals surface area contributed by atoms with E-state index in [0.29, 0.717) is 10.0 Å². The molecule has 0 aliphatic carbocycles. The Morgan fingerprint density at radius 3 is 2.77 bits per heavy atom. The molecule has 0 radical (unpaired) electrons. The molecular weight excluding hydrogens is 361 g/mol. The van der Waals surface area contributed by atoms with E-state index in [2.05, 4.69) is 5.32 Å². The van der Waals surface area contributed by atoms with E-state index in [9.17, 15) is 0 Å². The standard InChI is InChI=1S/C15H10Cl3N3S/c16-9-2-1-3-10(13(9)18)21-15-8(6-7-19-15)14(20-21)11-4-5-12(17)22-11/h1-5,19H,6-7H2. The van der Waals surface area contributed by atoms with Gasteiger partial charge in [0.1, 0.15) is 11.5 Å². The summed E-state index contributed by atoms with van der Waals surface area (Å²) in [4.78, 5) is 1.06. The van der Waals surface area contributed by atoms with E-state index in [0.717, 1.165) is 39.4 Å². The lowest BCUT2D eigenvalue weighted by Gasteiger charge is -2.09. The number of fused-ring (bicyclic) bond motifs is 1. The van der Waals surface area contributed by atoms with Crippen LogP contribution in [0.1, 0.15) is 5.56 Å². The van der Waals surface area contributed by atoms with Gasteiger partial charge in [0.2, 0.25) is 0 Å². The summed E-state index contributed by atoms with van der Waals surface area (Å²) in [5, 5.41) is 9.15. The van der Waals surface area contributed by atoms with Gasteiger partial charge in [0.25, 0.3) is 0 Å². The third-order valence-corrected chi connectivity index (χ3v) is 5.66. The van der Waals surface area contributed by atoms with Gasteiger partial charge in [-0.05, 0) is 30.7 Å². The summed E-state index contributed by atoms with van der Waals surface area (Å²) in [5.74, 6) is 0.976. The number of hydrogen-bond donors (Lipinski definition) is 1. The molecule has 3 aromatic rings. The van der Waals surface area contributed by atoms with Gasteiger partial charge in [0, 0.05) is 12.1 Å². The lowest BCUT2D eigenvalue weighted by molar-refractivity contribution is 0.884. The Morgan fingerprint density at radius 1 is 1.14 bits per heavy atom. The average Bonchev–Trinajstić information content (AvgIpc) is 3.18. The molecule has 2 aromatic heterocycles. The second-order valence-electron chi connectivity index (χ2n) is 4.94. The summed E-state index contributed by atoms with van der Waals surface area (Å²) in [6.45, 7) is 0.886. The maximum absolute atomic E-state index is 6.35. The fourth-order valence-electron chi connectivity index (χ4n) is 2.64. The normalized spacial score (nSPS) is 13.2. The van der Waals surface area contributed by atoms with Gasteiger partial charge < -0.3 is 5.32 Å². The van der Waals surface area contributed by atoms with E-state index >= 15 is 0 Å². The Morgan fingerprint density at radius 2 is 2.00 bits per heavy atom. The van der Waals surface area contributed by atoms with Crippen LogP contribution in [0.4, 0.5) is 5.82 Å². The number of anilines is 1. The maximum Gasteiger partial charge on any atom is 0.133 e. The van der Waals surface area contributed by atoms with Crippen molar-refractivity contribution >= 4 is 52.0 Å². The Labute approximate surface area is 146 Å². The lowest BCUT2D eigenvalue weighted by Crippen LogP contribution is -2.04. The quantitative estimate of drug-likeness (QED) is 0.643. The summed E-state index contributed by atoms with van der Waals surface area (Å²) < 4.78 is 2.59. The van der Waals surface area contributed by atoms with Gasteiger partial charge in [-0.2, -0.15) is 5.10 Å². The van der Waals surface area contributed by atoms with Gasteiger partial charge in [-0.3, -0.25) is 0 Å². The average molecular weight is 371 g/mol. The topological polar surface area (TPSA) is 29.9 Å². The molecule has 0 amide bonds. The highest BCUT2D eigenvalue weighted by molar-refractivity contribution is 7.19. The van der Waals surface area contributed by atoms with Crippen molar-refractivity contribution in [3.63, 3.8) is 0 Å². The minimum absolute atomic E-state index is 0.499. The Kier molecular flexibility index (Phi) is 3.57. The predicted molar refractivity (Wildman–Crippen MR) is 94.1 cm³/mol. The van der Waals surface area contributed by atoms with Crippen LogP contribution < -0.4 is 5.32 Å². The minimum atomic E-state index is 0.499. The molecule has 0 saturated heterocycles. The fourth-order valence-corrected chi connectivity index (χ4v) is 4.08. The molecule has 4 rings (SSSR count). The molecule has 1 aliphatic heterocycles. The number of nitrogens with one attached hydrogen (secondary N) is 1. The lowest BCUT2D eigenvalue weighted by atomic mass is 10.2. The number of thiophene rings is 1. The van der Waals surface area contributed by atoms with Crippen LogP contribution in [-0.4, -0.2) is 16.3 Å². The van der Waals surface area contributed by atoms with Gasteiger partial charge in [0.15, 0.2) is 0 Å². The van der Waals surface area contributed by atoms with Gasteiger partial charge in [-0.1, -0.05) is 40.9 Å². The van der Waals surface area contributed by atoms with Crippen molar-refractivity contribution in [2.45, 2.75) is 6.42 Å². The van der Waals surface area contributed by atoms with E-state index in [1.54, 1.807) is 6.07 Å². The van der Waals surface area contributed by atoms with Gasteiger partial charge in [-0.15, -0.1) is 11.3 Å². The van der Waals surface area contributed by atoms with Crippen LogP contribution in [0.5, 0.6) is 0 Å². The van der Waals surface area contributed by atoms with E-state index in [1.807, 2.05) is 28.9 Å². The number of aromatic nitrogens is 2. The van der Waals surface area contributed by atoms with Crippen molar-refractivity contribution < 1.29 is 0 Å². The maximum atomic E-state index is 6.35. The second kappa shape index (κ2) is 5.46. The van der Waals surface area contributed by atoms with E-state index < -0.39 is 0 Å². The molecule has 1 aromatic carbocycles. The van der Waals surface area contributed by atoms with Crippen molar-refractivity contribution in [2.75, 3.05) is 11.9 Å². The first kappa shape index (κ1) is 14.4. The molecule has 0 unspecified atom stereocenters. The van der Waals surface area contributed by atoms with Crippen LogP contribution in [0.25, 0.3) is 16.3 Å². The molecule has 22 heavy (non-hydrogen) atoms. The molecule has 0 fully saturated rings. The van der Waals surface area contributed by atoms with Gasteiger partial charge in [0.05, 0.1) is 24.9 Å². The highest BCUT2D eigenvalue weighted by Gasteiger charge is 2.25. The molecule has 112 valence electrons. The van der Waals surface area contributed by atoms with Gasteiger partial charge >= 0.3 is 0 Å². The minimum Gasteiger partial charge on any atom is -0.369 e. The Hall–Kier alpha value is -1.20. The summed E-state index contributed by atoms with van der Waals surface area (Å²) in [6, 6.07) is 9.44. The SMILES string of the molecule is Clc1ccc(-c2nn(-c3cccc(Cl)c3Cl)c3c2CCN3)s1. The predicted octanol–water partition coefficient (Wildman–Crippen LogP) is 5.53. The fraction of sp³-hybridized carbons (Fsp3) is 0.133. The molecule has 1 aliphatic rings. The van der Waals surface area contributed by atoms with Crippen LogP contribution in [0.15, 0.2) is 30.3 Å². The number of benzene rings is 1. The van der Waals surface area contributed by atoms with E-state index in [-0.39, 0.29) is 0 Å². The van der Waals surface area contributed by atoms with Crippen molar-refractivity contribution in [2.24, 2.45) is 0 Å². The van der Waals surface area contributed by atoms with Crippen molar-refractivity contribution in [3.05, 3.63) is 50.3 Å². The van der Waals surface area contributed by atoms with Crippen molar-refractivity contribution in [1.29, 1.82) is 0 Å². The van der Waals surface area contributed by atoms with Crippen LogP contribution >= 0.6 is 46.1 Å². The summed E-state index contributed by atoms with van der Waals surface area (Å²) in [7, 11) is 0. The monoisotopic (exact) mass is 369 g/mol.